The van der Waals surface area contributed by atoms with Crippen LogP contribution in [0.2, 0.25) is 0 Å². The number of carbonyl (C=O) groups is 1. The number of benzene rings is 3. The van der Waals surface area contributed by atoms with Gasteiger partial charge in [0.1, 0.15) is 5.75 Å². The minimum absolute atomic E-state index is 0.00782. The van der Waals surface area contributed by atoms with E-state index in [2.05, 4.69) is 60.4 Å². The summed E-state index contributed by atoms with van der Waals surface area (Å²) in [5.74, 6) is 0.737. The van der Waals surface area contributed by atoms with Crippen LogP contribution in [0, 0.1) is 0 Å². The summed E-state index contributed by atoms with van der Waals surface area (Å²) in [4.78, 5) is 21.3. The first kappa shape index (κ1) is 24.9. The topological polar surface area (TPSA) is 60.6 Å². The molecule has 6 heteroatoms. The van der Waals surface area contributed by atoms with Gasteiger partial charge in [-0.25, -0.2) is 0 Å². The molecule has 0 saturated heterocycles. The molecule has 1 aliphatic heterocycles. The molecule has 1 amide bonds. The highest BCUT2D eigenvalue weighted by molar-refractivity contribution is 6.08. The van der Waals surface area contributed by atoms with Gasteiger partial charge in [0.15, 0.2) is 0 Å². The second-order valence-electron chi connectivity index (χ2n) is 9.90. The summed E-state index contributed by atoms with van der Waals surface area (Å²) in [5, 5.41) is 4.69. The molecule has 1 atom stereocenters. The molecule has 2 N–H and O–H groups in total. The van der Waals surface area contributed by atoms with Crippen LogP contribution in [0.1, 0.15) is 37.0 Å². The number of hydrogen-bond donors (Lipinski definition) is 2. The summed E-state index contributed by atoms with van der Waals surface area (Å²) in [5.41, 5.74) is 5.72. The van der Waals surface area contributed by atoms with Crippen molar-refractivity contribution in [1.29, 1.82) is 0 Å². The molecule has 192 valence electrons. The Labute approximate surface area is 219 Å². The molecule has 1 unspecified atom stereocenters. The summed E-state index contributed by atoms with van der Waals surface area (Å²) in [6.45, 7) is 7.54. The summed E-state index contributed by atoms with van der Waals surface area (Å²) >= 11 is 0. The molecule has 1 aliphatic rings. The Balaban J connectivity index is 1.47. The summed E-state index contributed by atoms with van der Waals surface area (Å²) in [6, 6.07) is 22.7. The van der Waals surface area contributed by atoms with Crippen LogP contribution < -0.4 is 15.0 Å². The number of H-pyrrole nitrogens is 1. The van der Waals surface area contributed by atoms with Crippen LogP contribution in [-0.4, -0.2) is 55.1 Å². The first-order chi connectivity index (χ1) is 18.0. The number of rotatable bonds is 8. The van der Waals surface area contributed by atoms with Crippen LogP contribution in [-0.2, 0) is 0 Å². The van der Waals surface area contributed by atoms with E-state index in [-0.39, 0.29) is 5.91 Å². The highest BCUT2D eigenvalue weighted by Gasteiger charge is 2.25. The zero-order chi connectivity index (χ0) is 25.8. The zero-order valence-electron chi connectivity index (χ0n) is 22.0. The van der Waals surface area contributed by atoms with Crippen LogP contribution in [0.15, 0.2) is 72.9 Å². The van der Waals surface area contributed by atoms with Gasteiger partial charge in [0.05, 0.1) is 18.0 Å². The van der Waals surface area contributed by atoms with E-state index in [1.807, 2.05) is 53.6 Å². The lowest BCUT2D eigenvalue weighted by Gasteiger charge is -2.23. The third kappa shape index (κ3) is 5.49. The standard InChI is InChI=1S/C31H36N4O2/c1-4-34(3)17-7-19-37-30-21-25(10-12-26(30)23-11-13-27-24(20-23)14-16-32-27)31(36)35-18-15-22(2)33-28-8-5-6-9-29(28)35/h5-6,8-14,16,20-22,32-33H,4,7,15,17-19H2,1-3H3. The average molecular weight is 497 g/mol. The van der Waals surface area contributed by atoms with Gasteiger partial charge in [-0.05, 0) is 92.8 Å². The number of amides is 1. The number of fused-ring (bicyclic) bond motifs is 2. The van der Waals surface area contributed by atoms with Crippen molar-refractivity contribution in [3.8, 4) is 16.9 Å². The molecule has 3 aromatic carbocycles. The molecule has 0 spiro atoms. The summed E-state index contributed by atoms with van der Waals surface area (Å²) < 4.78 is 6.35. The van der Waals surface area contributed by atoms with Crippen molar-refractivity contribution in [2.75, 3.05) is 43.5 Å². The SMILES string of the molecule is CCN(C)CCCOc1cc(C(=O)N2CCC(C)Nc3ccccc32)ccc1-c1ccc2[nH]ccc2c1. The highest BCUT2D eigenvalue weighted by Crippen LogP contribution is 2.35. The third-order valence-electron chi connectivity index (χ3n) is 7.20. The zero-order valence-corrected chi connectivity index (χ0v) is 22.0. The van der Waals surface area contributed by atoms with Gasteiger partial charge in [0, 0.05) is 42.0 Å². The molecule has 4 aromatic rings. The van der Waals surface area contributed by atoms with E-state index in [1.165, 1.54) is 0 Å². The molecule has 0 radical (unpaired) electrons. The van der Waals surface area contributed by atoms with Crippen molar-refractivity contribution in [3.63, 3.8) is 0 Å². The molecule has 0 bridgehead atoms. The lowest BCUT2D eigenvalue weighted by atomic mass is 10.0. The van der Waals surface area contributed by atoms with Gasteiger partial charge in [-0.3, -0.25) is 4.79 Å². The molecule has 2 heterocycles. The van der Waals surface area contributed by atoms with Crippen LogP contribution in [0.25, 0.3) is 22.0 Å². The number of aromatic nitrogens is 1. The minimum atomic E-state index is -0.00782. The number of ether oxygens (including phenoxy) is 1. The molecule has 0 fully saturated rings. The van der Waals surface area contributed by atoms with Gasteiger partial charge >= 0.3 is 0 Å². The Morgan fingerprint density at radius 1 is 1.11 bits per heavy atom. The van der Waals surface area contributed by atoms with Crippen molar-refractivity contribution in [3.05, 3.63) is 78.5 Å². The van der Waals surface area contributed by atoms with E-state index in [0.717, 1.165) is 65.1 Å². The maximum absolute atomic E-state index is 13.9. The Morgan fingerprint density at radius 3 is 2.84 bits per heavy atom. The number of para-hydroxylation sites is 2. The Morgan fingerprint density at radius 2 is 1.97 bits per heavy atom. The van der Waals surface area contributed by atoms with Gasteiger partial charge in [-0.15, -0.1) is 0 Å². The monoisotopic (exact) mass is 496 g/mol. The Bertz CT molecular complexity index is 1380. The molecular formula is C31H36N4O2. The highest BCUT2D eigenvalue weighted by atomic mass is 16.5. The fourth-order valence-corrected chi connectivity index (χ4v) is 4.89. The largest absolute Gasteiger partial charge is 0.493 e. The van der Waals surface area contributed by atoms with Crippen LogP contribution >= 0.6 is 0 Å². The maximum atomic E-state index is 13.9. The first-order valence-corrected chi connectivity index (χ1v) is 13.2. The van der Waals surface area contributed by atoms with Gasteiger partial charge in [-0.1, -0.05) is 25.1 Å². The van der Waals surface area contributed by atoms with E-state index >= 15 is 0 Å². The van der Waals surface area contributed by atoms with E-state index in [0.29, 0.717) is 24.8 Å². The Hall–Kier alpha value is -3.77. The fourth-order valence-electron chi connectivity index (χ4n) is 4.89. The molecule has 6 nitrogen and oxygen atoms in total. The lowest BCUT2D eigenvalue weighted by Crippen LogP contribution is -2.32. The number of anilines is 2. The average Bonchev–Trinajstić information content (AvgIpc) is 3.32. The third-order valence-corrected chi connectivity index (χ3v) is 7.20. The van der Waals surface area contributed by atoms with Crippen molar-refractivity contribution in [2.45, 2.75) is 32.7 Å². The summed E-state index contributed by atoms with van der Waals surface area (Å²) in [7, 11) is 2.12. The van der Waals surface area contributed by atoms with Crippen LogP contribution in [0.3, 0.4) is 0 Å². The van der Waals surface area contributed by atoms with Gasteiger partial charge in [0.2, 0.25) is 0 Å². The van der Waals surface area contributed by atoms with Gasteiger partial charge < -0.3 is 24.8 Å². The minimum Gasteiger partial charge on any atom is -0.493 e. The van der Waals surface area contributed by atoms with E-state index in [4.69, 9.17) is 4.74 Å². The number of nitrogens with zero attached hydrogens (tertiary/aromatic N) is 2. The number of nitrogens with one attached hydrogen (secondary N) is 2. The molecule has 5 rings (SSSR count). The van der Waals surface area contributed by atoms with Crippen molar-refractivity contribution < 1.29 is 9.53 Å². The quantitative estimate of drug-likeness (QED) is 0.277. The molecule has 0 saturated carbocycles. The van der Waals surface area contributed by atoms with Crippen LogP contribution in [0.4, 0.5) is 11.4 Å². The summed E-state index contributed by atoms with van der Waals surface area (Å²) in [6.07, 6.45) is 3.75. The van der Waals surface area contributed by atoms with Crippen LogP contribution in [0.5, 0.6) is 5.75 Å². The fraction of sp³-hybridized carbons (Fsp3) is 0.323. The number of aromatic amines is 1. The molecule has 0 aliphatic carbocycles. The molecule has 1 aromatic heterocycles. The Kier molecular flexibility index (Phi) is 7.47. The van der Waals surface area contributed by atoms with Gasteiger partial charge in [-0.2, -0.15) is 0 Å². The predicted molar refractivity (Wildman–Crippen MR) is 153 cm³/mol. The smallest absolute Gasteiger partial charge is 0.258 e. The predicted octanol–water partition coefficient (Wildman–Crippen LogP) is 6.41. The second kappa shape index (κ2) is 11.1. The van der Waals surface area contributed by atoms with Crippen molar-refractivity contribution in [1.82, 2.24) is 9.88 Å². The van der Waals surface area contributed by atoms with E-state index < -0.39 is 0 Å². The van der Waals surface area contributed by atoms with Gasteiger partial charge in [0.25, 0.3) is 5.91 Å². The second-order valence-corrected chi connectivity index (χ2v) is 9.90. The van der Waals surface area contributed by atoms with E-state index in [9.17, 15) is 4.79 Å². The first-order valence-electron chi connectivity index (χ1n) is 13.2. The molecular weight excluding hydrogens is 460 g/mol. The lowest BCUT2D eigenvalue weighted by molar-refractivity contribution is 0.0986. The molecule has 37 heavy (non-hydrogen) atoms. The van der Waals surface area contributed by atoms with Crippen molar-refractivity contribution >= 4 is 28.2 Å². The maximum Gasteiger partial charge on any atom is 0.258 e. The van der Waals surface area contributed by atoms with E-state index in [1.54, 1.807) is 0 Å². The normalized spacial score (nSPS) is 15.4. The number of hydrogen-bond acceptors (Lipinski definition) is 4. The number of carbonyl (C=O) groups excluding carboxylic acids is 1. The van der Waals surface area contributed by atoms with Crippen molar-refractivity contribution in [2.24, 2.45) is 0 Å².